The first-order valence-corrected chi connectivity index (χ1v) is 8.29. The normalized spacial score (nSPS) is 11.3. The zero-order valence-corrected chi connectivity index (χ0v) is 13.7. The Bertz CT molecular complexity index is 763. The summed E-state index contributed by atoms with van der Waals surface area (Å²) >= 11 is 9.22. The molecule has 0 heterocycles. The number of sulfonamides is 1. The maximum Gasteiger partial charge on any atom is 0.263 e. The molecule has 2 aromatic carbocycles. The van der Waals surface area contributed by atoms with Crippen LogP contribution in [-0.2, 0) is 10.0 Å². The molecule has 0 amide bonds. The second kappa shape index (κ2) is 5.63. The van der Waals surface area contributed by atoms with Gasteiger partial charge in [0, 0.05) is 10.2 Å². The predicted octanol–water partition coefficient (Wildman–Crippen LogP) is 3.79. The molecule has 106 valence electrons. The molecule has 0 radical (unpaired) electrons. The van der Waals surface area contributed by atoms with E-state index in [1.807, 2.05) is 6.92 Å². The molecule has 2 rings (SSSR count). The summed E-state index contributed by atoms with van der Waals surface area (Å²) in [6, 6.07) is 9.59. The van der Waals surface area contributed by atoms with Crippen LogP contribution in [0.4, 0.5) is 11.4 Å². The van der Waals surface area contributed by atoms with Gasteiger partial charge in [-0.15, -0.1) is 0 Å². The van der Waals surface area contributed by atoms with Gasteiger partial charge in [0.2, 0.25) is 0 Å². The highest BCUT2D eigenvalue weighted by molar-refractivity contribution is 9.10. The molecule has 0 atom stereocenters. The number of rotatable bonds is 3. The topological polar surface area (TPSA) is 72.2 Å². The Morgan fingerprint density at radius 3 is 2.50 bits per heavy atom. The van der Waals surface area contributed by atoms with Crippen molar-refractivity contribution >= 4 is 48.9 Å². The van der Waals surface area contributed by atoms with Crippen molar-refractivity contribution in [2.45, 2.75) is 11.8 Å². The molecule has 0 saturated carbocycles. The molecule has 0 aliphatic rings. The van der Waals surface area contributed by atoms with Crippen molar-refractivity contribution in [3.05, 3.63) is 51.5 Å². The fraction of sp³-hybridized carbons (Fsp3) is 0.0769. The van der Waals surface area contributed by atoms with Crippen molar-refractivity contribution in [2.24, 2.45) is 0 Å². The lowest BCUT2D eigenvalue weighted by Gasteiger charge is -2.11. The molecule has 0 fully saturated rings. The second-order valence-electron chi connectivity index (χ2n) is 4.28. The number of nitrogens with two attached hydrogens (primary N) is 1. The van der Waals surface area contributed by atoms with E-state index in [1.54, 1.807) is 18.2 Å². The molecule has 0 aliphatic carbocycles. The molecule has 20 heavy (non-hydrogen) atoms. The van der Waals surface area contributed by atoms with Crippen LogP contribution in [0.3, 0.4) is 0 Å². The van der Waals surface area contributed by atoms with E-state index in [1.165, 1.54) is 18.2 Å². The molecule has 0 saturated heterocycles. The number of aryl methyl sites for hydroxylation is 1. The summed E-state index contributed by atoms with van der Waals surface area (Å²) in [7, 11) is -3.73. The SMILES string of the molecule is Cc1ccc(NS(=O)(=O)c2ccc(N)cc2Br)c(Cl)c1. The lowest BCUT2D eigenvalue weighted by Crippen LogP contribution is -2.14. The van der Waals surface area contributed by atoms with Crippen LogP contribution in [0.5, 0.6) is 0 Å². The summed E-state index contributed by atoms with van der Waals surface area (Å²) in [6.45, 7) is 1.88. The van der Waals surface area contributed by atoms with Gasteiger partial charge in [0.05, 0.1) is 10.7 Å². The molecule has 4 nitrogen and oxygen atoms in total. The van der Waals surface area contributed by atoms with Crippen LogP contribution in [0.25, 0.3) is 0 Å². The summed E-state index contributed by atoms with van der Waals surface area (Å²) in [4.78, 5) is 0.100. The van der Waals surface area contributed by atoms with Crippen molar-refractivity contribution in [1.82, 2.24) is 0 Å². The van der Waals surface area contributed by atoms with E-state index < -0.39 is 10.0 Å². The third kappa shape index (κ3) is 3.26. The van der Waals surface area contributed by atoms with E-state index in [9.17, 15) is 8.42 Å². The van der Waals surface area contributed by atoms with Crippen LogP contribution < -0.4 is 10.5 Å². The zero-order chi connectivity index (χ0) is 14.9. The first-order chi connectivity index (χ1) is 9.29. The van der Waals surface area contributed by atoms with Gasteiger partial charge in [-0.3, -0.25) is 4.72 Å². The summed E-state index contributed by atoms with van der Waals surface area (Å²) in [6.07, 6.45) is 0. The molecule has 0 unspecified atom stereocenters. The Balaban J connectivity index is 2.41. The summed E-state index contributed by atoms with van der Waals surface area (Å²) in [5, 5.41) is 0.347. The molecule has 0 aromatic heterocycles. The molecular weight excluding hydrogens is 364 g/mol. The fourth-order valence-electron chi connectivity index (χ4n) is 1.64. The third-order valence-corrected chi connectivity index (χ3v) is 5.27. The highest BCUT2D eigenvalue weighted by atomic mass is 79.9. The van der Waals surface area contributed by atoms with E-state index in [0.717, 1.165) is 5.56 Å². The zero-order valence-electron chi connectivity index (χ0n) is 10.5. The summed E-state index contributed by atoms with van der Waals surface area (Å²) < 4.78 is 27.5. The van der Waals surface area contributed by atoms with Gasteiger partial charge in [0.1, 0.15) is 4.90 Å². The van der Waals surface area contributed by atoms with Gasteiger partial charge in [-0.2, -0.15) is 0 Å². The quantitative estimate of drug-likeness (QED) is 0.802. The number of hydrogen-bond donors (Lipinski definition) is 2. The van der Waals surface area contributed by atoms with Gasteiger partial charge in [-0.05, 0) is 58.7 Å². The molecular formula is C13H12BrClN2O2S. The summed E-state index contributed by atoms with van der Waals surface area (Å²) in [5.74, 6) is 0. The lowest BCUT2D eigenvalue weighted by atomic mass is 10.2. The van der Waals surface area contributed by atoms with Crippen molar-refractivity contribution in [3.8, 4) is 0 Å². The monoisotopic (exact) mass is 374 g/mol. The van der Waals surface area contributed by atoms with E-state index in [2.05, 4.69) is 20.7 Å². The molecule has 0 spiro atoms. The van der Waals surface area contributed by atoms with E-state index in [4.69, 9.17) is 17.3 Å². The predicted molar refractivity (Wildman–Crippen MR) is 85.6 cm³/mol. The van der Waals surface area contributed by atoms with Gasteiger partial charge < -0.3 is 5.73 Å². The Morgan fingerprint density at radius 1 is 1.20 bits per heavy atom. The molecule has 7 heteroatoms. The maximum absolute atomic E-state index is 12.3. The van der Waals surface area contributed by atoms with E-state index in [0.29, 0.717) is 20.9 Å². The van der Waals surface area contributed by atoms with Crippen LogP contribution in [0.2, 0.25) is 5.02 Å². The molecule has 3 N–H and O–H groups in total. The smallest absolute Gasteiger partial charge is 0.263 e. The fourth-order valence-corrected chi connectivity index (χ4v) is 4.15. The number of halogens is 2. The average Bonchev–Trinajstić information content (AvgIpc) is 2.32. The highest BCUT2D eigenvalue weighted by Gasteiger charge is 2.19. The Hall–Kier alpha value is -1.24. The maximum atomic E-state index is 12.3. The number of hydrogen-bond acceptors (Lipinski definition) is 3. The minimum absolute atomic E-state index is 0.100. The largest absolute Gasteiger partial charge is 0.399 e. The van der Waals surface area contributed by atoms with Crippen LogP contribution in [0.15, 0.2) is 45.8 Å². The van der Waals surface area contributed by atoms with Gasteiger partial charge in [0.15, 0.2) is 0 Å². The van der Waals surface area contributed by atoms with Gasteiger partial charge in [-0.1, -0.05) is 17.7 Å². The first kappa shape index (κ1) is 15.2. The Labute approximate surface area is 131 Å². The van der Waals surface area contributed by atoms with Gasteiger partial charge in [0.25, 0.3) is 10.0 Å². The molecule has 0 aliphatic heterocycles. The van der Waals surface area contributed by atoms with Crippen LogP contribution in [0.1, 0.15) is 5.56 Å². The van der Waals surface area contributed by atoms with E-state index in [-0.39, 0.29) is 4.90 Å². The number of nitrogens with one attached hydrogen (secondary N) is 1. The van der Waals surface area contributed by atoms with Crippen LogP contribution in [-0.4, -0.2) is 8.42 Å². The van der Waals surface area contributed by atoms with Crippen LogP contribution in [0, 0.1) is 6.92 Å². The van der Waals surface area contributed by atoms with Crippen molar-refractivity contribution in [3.63, 3.8) is 0 Å². The first-order valence-electron chi connectivity index (χ1n) is 5.63. The second-order valence-corrected chi connectivity index (χ2v) is 7.19. The highest BCUT2D eigenvalue weighted by Crippen LogP contribution is 2.29. The number of anilines is 2. The van der Waals surface area contributed by atoms with Crippen molar-refractivity contribution in [2.75, 3.05) is 10.5 Å². The van der Waals surface area contributed by atoms with Crippen molar-refractivity contribution < 1.29 is 8.42 Å². The number of nitrogen functional groups attached to an aromatic ring is 1. The minimum atomic E-state index is -3.73. The molecule has 2 aromatic rings. The lowest BCUT2D eigenvalue weighted by molar-refractivity contribution is 0.601. The van der Waals surface area contributed by atoms with Gasteiger partial charge in [-0.25, -0.2) is 8.42 Å². The minimum Gasteiger partial charge on any atom is -0.399 e. The standard InChI is InChI=1S/C13H12BrClN2O2S/c1-8-2-4-12(11(15)6-8)17-20(18,19)13-5-3-9(16)7-10(13)14/h2-7,17H,16H2,1H3. The molecule has 0 bridgehead atoms. The van der Waals surface area contributed by atoms with Crippen LogP contribution >= 0.6 is 27.5 Å². The number of benzene rings is 2. The average molecular weight is 376 g/mol. The third-order valence-electron chi connectivity index (χ3n) is 2.61. The van der Waals surface area contributed by atoms with Gasteiger partial charge >= 0.3 is 0 Å². The van der Waals surface area contributed by atoms with E-state index >= 15 is 0 Å². The Morgan fingerprint density at radius 2 is 1.90 bits per heavy atom. The Kier molecular flexibility index (Phi) is 4.27. The summed E-state index contributed by atoms with van der Waals surface area (Å²) in [5.41, 5.74) is 7.36. The van der Waals surface area contributed by atoms with Crippen molar-refractivity contribution in [1.29, 1.82) is 0 Å².